The summed E-state index contributed by atoms with van der Waals surface area (Å²) in [6.45, 7) is 3.89. The zero-order valence-electron chi connectivity index (χ0n) is 12.7. The minimum atomic E-state index is -0.205. The Balaban J connectivity index is 1.92. The molecular formula is C18H20O3. The van der Waals surface area contributed by atoms with Gasteiger partial charge in [0.25, 0.3) is 0 Å². The van der Waals surface area contributed by atoms with Gasteiger partial charge in [0.2, 0.25) is 0 Å². The molecule has 0 saturated heterocycles. The van der Waals surface area contributed by atoms with Gasteiger partial charge in [-0.15, -0.1) is 0 Å². The Bertz CT molecular complexity index is 595. The number of rotatable bonds is 5. The van der Waals surface area contributed by atoms with E-state index in [9.17, 15) is 4.79 Å². The first kappa shape index (κ1) is 15.1. The molecule has 0 fully saturated rings. The normalized spacial score (nSPS) is 10.2. The van der Waals surface area contributed by atoms with E-state index in [2.05, 4.69) is 0 Å². The molecule has 0 amide bonds. The van der Waals surface area contributed by atoms with E-state index in [1.54, 1.807) is 7.11 Å². The van der Waals surface area contributed by atoms with Crippen LogP contribution < -0.4 is 9.47 Å². The van der Waals surface area contributed by atoms with Crippen LogP contribution in [-0.2, 0) is 11.2 Å². The minimum absolute atomic E-state index is 0.205. The van der Waals surface area contributed by atoms with Gasteiger partial charge in [-0.25, -0.2) is 0 Å². The summed E-state index contributed by atoms with van der Waals surface area (Å²) in [5.74, 6) is 1.29. The molecule has 0 atom stereocenters. The van der Waals surface area contributed by atoms with Gasteiger partial charge in [-0.05, 0) is 49.1 Å². The molecule has 3 nitrogen and oxygen atoms in total. The largest absolute Gasteiger partial charge is 0.497 e. The van der Waals surface area contributed by atoms with Gasteiger partial charge in [0.1, 0.15) is 11.5 Å². The Labute approximate surface area is 125 Å². The van der Waals surface area contributed by atoms with E-state index in [1.165, 1.54) is 0 Å². The monoisotopic (exact) mass is 284 g/mol. The SMILES string of the molecule is COc1ccc(CCC(=O)Oc2c(C)cccc2C)cc1. The highest BCUT2D eigenvalue weighted by atomic mass is 16.5. The zero-order valence-corrected chi connectivity index (χ0v) is 12.7. The molecule has 0 unspecified atom stereocenters. The number of esters is 1. The lowest BCUT2D eigenvalue weighted by Crippen LogP contribution is -2.10. The number of hydrogen-bond acceptors (Lipinski definition) is 3. The lowest BCUT2D eigenvalue weighted by atomic mass is 10.1. The summed E-state index contributed by atoms with van der Waals surface area (Å²) in [5.41, 5.74) is 3.05. The van der Waals surface area contributed by atoms with Crippen LogP contribution >= 0.6 is 0 Å². The summed E-state index contributed by atoms with van der Waals surface area (Å²) in [6.07, 6.45) is 1.02. The molecule has 110 valence electrons. The summed E-state index contributed by atoms with van der Waals surface area (Å²) in [5, 5.41) is 0. The molecule has 0 radical (unpaired) electrons. The second kappa shape index (κ2) is 6.93. The van der Waals surface area contributed by atoms with Crippen LogP contribution in [0, 0.1) is 13.8 Å². The standard InChI is InChI=1S/C18H20O3/c1-13-5-4-6-14(2)18(13)21-17(19)12-9-15-7-10-16(20-3)11-8-15/h4-8,10-11H,9,12H2,1-3H3. The van der Waals surface area contributed by atoms with Crippen LogP contribution in [0.25, 0.3) is 0 Å². The first-order valence-electron chi connectivity index (χ1n) is 7.00. The van der Waals surface area contributed by atoms with E-state index in [0.717, 1.165) is 22.4 Å². The Hall–Kier alpha value is -2.29. The summed E-state index contributed by atoms with van der Waals surface area (Å²) < 4.78 is 10.6. The van der Waals surface area contributed by atoms with Gasteiger partial charge in [-0.2, -0.15) is 0 Å². The summed E-state index contributed by atoms with van der Waals surface area (Å²) >= 11 is 0. The maximum Gasteiger partial charge on any atom is 0.311 e. The molecule has 0 aliphatic carbocycles. The number of carbonyl (C=O) groups is 1. The number of benzene rings is 2. The molecule has 21 heavy (non-hydrogen) atoms. The lowest BCUT2D eigenvalue weighted by Gasteiger charge is -2.10. The van der Waals surface area contributed by atoms with Crippen LogP contribution in [0.3, 0.4) is 0 Å². The third-order valence-corrected chi connectivity index (χ3v) is 3.40. The number of hydrogen-bond donors (Lipinski definition) is 0. The van der Waals surface area contributed by atoms with Gasteiger partial charge in [0.15, 0.2) is 0 Å². The van der Waals surface area contributed by atoms with E-state index in [-0.39, 0.29) is 5.97 Å². The van der Waals surface area contributed by atoms with Gasteiger partial charge in [0, 0.05) is 6.42 Å². The maximum atomic E-state index is 12.0. The average molecular weight is 284 g/mol. The molecule has 0 bridgehead atoms. The van der Waals surface area contributed by atoms with Gasteiger partial charge in [-0.3, -0.25) is 4.79 Å². The number of carbonyl (C=O) groups excluding carboxylic acids is 1. The quantitative estimate of drug-likeness (QED) is 0.618. The van der Waals surface area contributed by atoms with E-state index in [0.29, 0.717) is 18.6 Å². The number of para-hydroxylation sites is 1. The predicted molar refractivity (Wildman–Crippen MR) is 82.9 cm³/mol. The van der Waals surface area contributed by atoms with Crippen molar-refractivity contribution in [3.63, 3.8) is 0 Å². The molecular weight excluding hydrogens is 264 g/mol. The highest BCUT2D eigenvalue weighted by molar-refractivity contribution is 5.73. The predicted octanol–water partition coefficient (Wildman–Crippen LogP) is 3.85. The molecule has 0 aliphatic heterocycles. The highest BCUT2D eigenvalue weighted by Gasteiger charge is 2.10. The molecule has 0 N–H and O–H groups in total. The van der Waals surface area contributed by atoms with Crippen LogP contribution in [0.5, 0.6) is 11.5 Å². The molecule has 0 saturated carbocycles. The van der Waals surface area contributed by atoms with Crippen LogP contribution in [0.4, 0.5) is 0 Å². The fraction of sp³-hybridized carbons (Fsp3) is 0.278. The van der Waals surface area contributed by atoms with Crippen LogP contribution in [-0.4, -0.2) is 13.1 Å². The molecule has 0 aromatic heterocycles. The minimum Gasteiger partial charge on any atom is -0.497 e. The Morgan fingerprint density at radius 3 is 2.19 bits per heavy atom. The third kappa shape index (κ3) is 4.09. The zero-order chi connectivity index (χ0) is 15.2. The van der Waals surface area contributed by atoms with Crippen molar-refractivity contribution < 1.29 is 14.3 Å². The highest BCUT2D eigenvalue weighted by Crippen LogP contribution is 2.23. The van der Waals surface area contributed by atoms with E-state index in [4.69, 9.17) is 9.47 Å². The summed E-state index contributed by atoms with van der Waals surface area (Å²) in [7, 11) is 1.64. The second-order valence-electron chi connectivity index (χ2n) is 5.04. The molecule has 0 spiro atoms. The van der Waals surface area contributed by atoms with E-state index in [1.807, 2.05) is 56.3 Å². The molecule has 2 rings (SSSR count). The lowest BCUT2D eigenvalue weighted by molar-refractivity contribution is -0.134. The Kier molecular flexibility index (Phi) is 4.99. The fourth-order valence-corrected chi connectivity index (χ4v) is 2.16. The van der Waals surface area contributed by atoms with Gasteiger partial charge >= 0.3 is 5.97 Å². The topological polar surface area (TPSA) is 35.5 Å². The van der Waals surface area contributed by atoms with Crippen LogP contribution in [0.2, 0.25) is 0 Å². The molecule has 3 heteroatoms. The van der Waals surface area contributed by atoms with Crippen molar-refractivity contribution in [3.05, 3.63) is 59.2 Å². The average Bonchev–Trinajstić information content (AvgIpc) is 2.49. The van der Waals surface area contributed by atoms with Crippen molar-refractivity contribution in [2.24, 2.45) is 0 Å². The third-order valence-electron chi connectivity index (χ3n) is 3.40. The Morgan fingerprint density at radius 1 is 1.00 bits per heavy atom. The smallest absolute Gasteiger partial charge is 0.311 e. The second-order valence-corrected chi connectivity index (χ2v) is 5.04. The van der Waals surface area contributed by atoms with E-state index < -0.39 is 0 Å². The molecule has 0 heterocycles. The van der Waals surface area contributed by atoms with Crippen LogP contribution in [0.15, 0.2) is 42.5 Å². The number of methoxy groups -OCH3 is 1. The van der Waals surface area contributed by atoms with Crippen molar-refractivity contribution in [1.29, 1.82) is 0 Å². The van der Waals surface area contributed by atoms with Gasteiger partial charge in [0.05, 0.1) is 7.11 Å². The van der Waals surface area contributed by atoms with Crippen molar-refractivity contribution in [2.75, 3.05) is 7.11 Å². The number of aryl methyl sites for hydroxylation is 3. The molecule has 2 aromatic rings. The fourth-order valence-electron chi connectivity index (χ4n) is 2.16. The number of ether oxygens (including phenoxy) is 2. The van der Waals surface area contributed by atoms with Crippen molar-refractivity contribution in [3.8, 4) is 11.5 Å². The van der Waals surface area contributed by atoms with Crippen molar-refractivity contribution in [1.82, 2.24) is 0 Å². The van der Waals surface area contributed by atoms with Gasteiger partial charge in [-0.1, -0.05) is 30.3 Å². The molecule has 2 aromatic carbocycles. The van der Waals surface area contributed by atoms with Gasteiger partial charge < -0.3 is 9.47 Å². The Morgan fingerprint density at radius 2 is 1.62 bits per heavy atom. The van der Waals surface area contributed by atoms with Crippen molar-refractivity contribution >= 4 is 5.97 Å². The molecule has 0 aliphatic rings. The summed E-state index contributed by atoms with van der Waals surface area (Å²) in [6, 6.07) is 13.6. The summed E-state index contributed by atoms with van der Waals surface area (Å²) in [4.78, 5) is 12.0. The van der Waals surface area contributed by atoms with Crippen LogP contribution in [0.1, 0.15) is 23.1 Å². The van der Waals surface area contributed by atoms with E-state index >= 15 is 0 Å². The maximum absolute atomic E-state index is 12.0. The first-order chi connectivity index (χ1) is 10.1. The first-order valence-corrected chi connectivity index (χ1v) is 7.00. The van der Waals surface area contributed by atoms with Crippen molar-refractivity contribution in [2.45, 2.75) is 26.7 Å².